The van der Waals surface area contributed by atoms with Gasteiger partial charge in [-0.1, -0.05) is 24.3 Å². The van der Waals surface area contributed by atoms with Crippen molar-refractivity contribution in [2.75, 3.05) is 0 Å². The molecule has 0 unspecified atom stereocenters. The first kappa shape index (κ1) is 24.1. The van der Waals surface area contributed by atoms with Crippen LogP contribution in [0.15, 0.2) is 36.4 Å². The zero-order valence-electron chi connectivity index (χ0n) is 14.8. The lowest BCUT2D eigenvalue weighted by Crippen LogP contribution is -2.41. The predicted molar refractivity (Wildman–Crippen MR) is 78.5 cm³/mol. The lowest BCUT2D eigenvalue weighted by atomic mass is 9.84. The predicted octanol–water partition coefficient (Wildman–Crippen LogP) is 7.81. The molecule has 0 spiro atoms. The van der Waals surface area contributed by atoms with Crippen molar-refractivity contribution < 1.29 is 61.5 Å². The van der Waals surface area contributed by atoms with Crippen molar-refractivity contribution in [2.45, 2.75) is 36.0 Å². The summed E-state index contributed by atoms with van der Waals surface area (Å²) in [7, 11) is 0. The molecule has 0 fully saturated rings. The third kappa shape index (κ3) is 3.20. The lowest BCUT2D eigenvalue weighted by Gasteiger charge is -2.34. The summed E-state index contributed by atoms with van der Waals surface area (Å²) in [6.45, 7) is 0. The van der Waals surface area contributed by atoms with Crippen LogP contribution in [0, 0.1) is 0 Å². The van der Waals surface area contributed by atoms with Crippen molar-refractivity contribution >= 4 is 0 Å². The van der Waals surface area contributed by atoms with E-state index >= 15 is 0 Å². The van der Waals surface area contributed by atoms with E-state index in [2.05, 4.69) is 0 Å². The van der Waals surface area contributed by atoms with E-state index in [1.807, 2.05) is 0 Å². The molecule has 6 rings (SSSR count). The molecule has 0 N–H and O–H groups in total. The highest BCUT2D eigenvalue weighted by Crippen LogP contribution is 2.58. The van der Waals surface area contributed by atoms with Crippen LogP contribution in [0.1, 0.15) is 33.4 Å². The normalized spacial score (nSPS) is 21.2. The Kier molecular flexibility index (Phi) is 4.90. The third-order valence-electron chi connectivity index (χ3n) is 4.84. The van der Waals surface area contributed by atoms with Crippen LogP contribution in [0.4, 0.5) is 61.5 Å². The number of hydrogen-bond donors (Lipinski definition) is 0. The summed E-state index contributed by atoms with van der Waals surface area (Å²) in [6.07, 6.45) is -12.1. The van der Waals surface area contributed by atoms with Crippen molar-refractivity contribution in [3.05, 3.63) is 69.8 Å². The number of benzene rings is 2. The quantitative estimate of drug-likeness (QED) is 0.332. The first-order chi connectivity index (χ1) is 14.2. The van der Waals surface area contributed by atoms with E-state index in [0.717, 1.165) is 0 Å². The van der Waals surface area contributed by atoms with Gasteiger partial charge in [0, 0.05) is 22.3 Å². The van der Waals surface area contributed by atoms with Gasteiger partial charge in [0.15, 0.2) is 0 Å². The van der Waals surface area contributed by atoms with Crippen molar-refractivity contribution in [1.82, 2.24) is 0 Å². The van der Waals surface area contributed by atoms with E-state index in [9.17, 15) is 61.5 Å². The smallest absolute Gasteiger partial charge is 0.194 e. The fourth-order valence-corrected chi connectivity index (χ4v) is 3.20. The van der Waals surface area contributed by atoms with Gasteiger partial charge in [-0.15, -0.1) is 0 Å². The second kappa shape index (κ2) is 6.50. The maximum Gasteiger partial charge on any atom is 0.416 e. The Morgan fingerprint density at radius 2 is 0.719 bits per heavy atom. The molecule has 2 aromatic carbocycles. The van der Waals surface area contributed by atoms with E-state index in [4.69, 9.17) is 0 Å². The van der Waals surface area contributed by atoms with Crippen molar-refractivity contribution in [2.24, 2.45) is 0 Å². The molecule has 0 saturated heterocycles. The van der Waals surface area contributed by atoms with Crippen LogP contribution in [0.2, 0.25) is 0 Å². The summed E-state index contributed by atoms with van der Waals surface area (Å²) in [4.78, 5) is 0. The van der Waals surface area contributed by atoms with Crippen LogP contribution in [0.3, 0.4) is 0 Å². The summed E-state index contributed by atoms with van der Waals surface area (Å²) < 4.78 is 196. The molecule has 0 heterocycles. The maximum absolute atomic E-state index is 14.6. The monoisotopic (exact) mass is 488 g/mol. The van der Waals surface area contributed by atoms with Crippen LogP contribution in [-0.2, 0) is 36.0 Å². The van der Waals surface area contributed by atoms with Crippen LogP contribution >= 0.6 is 0 Å². The molecular weight excluding hydrogens is 482 g/mol. The van der Waals surface area contributed by atoms with Gasteiger partial charge in [-0.3, -0.25) is 0 Å². The molecule has 0 amide bonds. The minimum Gasteiger partial charge on any atom is -0.194 e. The van der Waals surface area contributed by atoms with Gasteiger partial charge in [0.25, 0.3) is 0 Å². The number of alkyl halides is 14. The highest BCUT2D eigenvalue weighted by Gasteiger charge is 2.65. The fourth-order valence-electron chi connectivity index (χ4n) is 3.20. The number of rotatable bonds is 0. The topological polar surface area (TPSA) is 0 Å². The van der Waals surface area contributed by atoms with Crippen LogP contribution in [0.5, 0.6) is 0 Å². The molecular formula is C18H6F14. The molecule has 14 heteroatoms. The van der Waals surface area contributed by atoms with Crippen LogP contribution in [-0.4, -0.2) is 0 Å². The van der Waals surface area contributed by atoms with Crippen molar-refractivity contribution in [1.29, 1.82) is 0 Å². The second-order valence-corrected chi connectivity index (χ2v) is 6.81. The standard InChI is InChI=1S/C18H6F14/c19-13(20)7-1-3-9(11(5-7)17(27,28)29)15(23,24)16(25,26)10-4-2-8(14(13,21)22)6-12(10)18(30,31)32/h1-6H. The Morgan fingerprint density at radius 3 is 0.969 bits per heavy atom. The molecule has 176 valence electrons. The van der Waals surface area contributed by atoms with Gasteiger partial charge in [0.2, 0.25) is 0 Å². The van der Waals surface area contributed by atoms with Crippen molar-refractivity contribution in [3.63, 3.8) is 0 Å². The molecule has 0 aromatic heterocycles. The molecule has 4 aliphatic carbocycles. The van der Waals surface area contributed by atoms with Crippen LogP contribution in [0.25, 0.3) is 0 Å². The molecule has 0 saturated carbocycles. The fraction of sp³-hybridized carbons (Fsp3) is 0.333. The Hall–Kier alpha value is -2.54. The van der Waals surface area contributed by atoms with Gasteiger partial charge in [-0.05, 0) is 12.1 Å². The summed E-state index contributed by atoms with van der Waals surface area (Å²) in [5, 5.41) is 0. The highest BCUT2D eigenvalue weighted by atomic mass is 19.4. The van der Waals surface area contributed by atoms with Gasteiger partial charge in [0.05, 0.1) is 11.1 Å². The van der Waals surface area contributed by atoms with E-state index < -0.39 is 93.7 Å². The minimum absolute atomic E-state index is 0.346. The Labute approximate surface area is 168 Å². The third-order valence-corrected chi connectivity index (χ3v) is 4.84. The Bertz CT molecular complexity index is 973. The Balaban J connectivity index is 2.57. The van der Waals surface area contributed by atoms with Crippen molar-refractivity contribution in [3.8, 4) is 0 Å². The maximum atomic E-state index is 14.6. The van der Waals surface area contributed by atoms with Gasteiger partial charge in [0.1, 0.15) is 0 Å². The SMILES string of the molecule is FC(F)(F)c1cc2ccc1C(F)(F)C(F)(F)c1ccc(cc1C(F)(F)F)C(F)(F)C2(F)F. The molecule has 4 aliphatic rings. The molecule has 32 heavy (non-hydrogen) atoms. The number of hydrogen-bond acceptors (Lipinski definition) is 0. The van der Waals surface area contributed by atoms with Gasteiger partial charge in [-0.25, -0.2) is 0 Å². The first-order valence-electron chi connectivity index (χ1n) is 8.12. The minimum atomic E-state index is -6.03. The first-order valence-corrected chi connectivity index (χ1v) is 8.12. The van der Waals surface area contributed by atoms with Gasteiger partial charge >= 0.3 is 36.0 Å². The molecule has 2 aromatic rings. The van der Waals surface area contributed by atoms with Crippen LogP contribution < -0.4 is 0 Å². The molecule has 0 nitrogen and oxygen atoms in total. The van der Waals surface area contributed by atoms with E-state index in [0.29, 0.717) is 0 Å². The largest absolute Gasteiger partial charge is 0.416 e. The average molecular weight is 488 g/mol. The van der Waals surface area contributed by atoms with Gasteiger partial charge in [-0.2, -0.15) is 61.5 Å². The van der Waals surface area contributed by atoms with E-state index in [1.165, 1.54) is 0 Å². The molecule has 0 aliphatic heterocycles. The average Bonchev–Trinajstić information content (AvgIpc) is 2.64. The lowest BCUT2D eigenvalue weighted by molar-refractivity contribution is -0.234. The zero-order chi connectivity index (χ0) is 24.7. The summed E-state index contributed by atoms with van der Waals surface area (Å²) in [5.41, 5.74) is -15.5. The second-order valence-electron chi connectivity index (χ2n) is 6.81. The van der Waals surface area contributed by atoms with Gasteiger partial charge < -0.3 is 0 Å². The molecule has 4 bridgehead atoms. The summed E-state index contributed by atoms with van der Waals surface area (Å²) in [6, 6.07) is -3.58. The highest BCUT2D eigenvalue weighted by molar-refractivity contribution is 5.47. The summed E-state index contributed by atoms with van der Waals surface area (Å²) in [5.74, 6) is -23.3. The molecule has 0 radical (unpaired) electrons. The summed E-state index contributed by atoms with van der Waals surface area (Å²) >= 11 is 0. The molecule has 0 atom stereocenters. The Morgan fingerprint density at radius 1 is 0.438 bits per heavy atom. The number of halogens is 14. The van der Waals surface area contributed by atoms with E-state index in [1.54, 1.807) is 0 Å². The zero-order valence-corrected chi connectivity index (χ0v) is 14.8. The van der Waals surface area contributed by atoms with E-state index in [-0.39, 0.29) is 12.1 Å².